The van der Waals surface area contributed by atoms with Gasteiger partial charge in [0.1, 0.15) is 10.7 Å². The third-order valence-corrected chi connectivity index (χ3v) is 4.84. The van der Waals surface area contributed by atoms with E-state index in [0.717, 1.165) is 0 Å². The van der Waals surface area contributed by atoms with Crippen molar-refractivity contribution in [3.05, 3.63) is 18.3 Å². The third-order valence-electron chi connectivity index (χ3n) is 2.99. The van der Waals surface area contributed by atoms with Gasteiger partial charge in [-0.25, -0.2) is 13.4 Å². The van der Waals surface area contributed by atoms with Crippen molar-refractivity contribution in [2.24, 2.45) is 0 Å². The van der Waals surface area contributed by atoms with Gasteiger partial charge in [-0.3, -0.25) is 0 Å². The molecule has 1 unspecified atom stereocenters. The van der Waals surface area contributed by atoms with Gasteiger partial charge in [0.05, 0.1) is 6.10 Å². The lowest BCUT2D eigenvalue weighted by molar-refractivity contribution is 0.108. The van der Waals surface area contributed by atoms with Crippen LogP contribution in [-0.2, 0) is 10.0 Å². The van der Waals surface area contributed by atoms with Gasteiger partial charge in [-0.1, -0.05) is 0 Å². The van der Waals surface area contributed by atoms with Gasteiger partial charge >= 0.3 is 0 Å². The highest BCUT2D eigenvalue weighted by Crippen LogP contribution is 2.20. The number of piperidine rings is 1. The average Bonchev–Trinajstić information content (AvgIpc) is 2.39. The lowest BCUT2D eigenvalue weighted by Crippen LogP contribution is -2.42. The van der Waals surface area contributed by atoms with Gasteiger partial charge in [-0.15, -0.1) is 0 Å². The number of sulfonamides is 1. The molecule has 1 aliphatic rings. The van der Waals surface area contributed by atoms with Crippen molar-refractivity contribution in [1.82, 2.24) is 9.29 Å². The smallest absolute Gasteiger partial charge is 0.244 e. The first-order chi connectivity index (χ1) is 8.54. The molecule has 0 amide bonds. The van der Waals surface area contributed by atoms with Crippen molar-refractivity contribution in [2.45, 2.75) is 23.8 Å². The van der Waals surface area contributed by atoms with Gasteiger partial charge in [0.15, 0.2) is 0 Å². The van der Waals surface area contributed by atoms with Crippen LogP contribution in [0.2, 0.25) is 0 Å². The molecule has 1 aromatic heterocycles. The predicted octanol–water partition coefficient (Wildman–Crippen LogP) is 0.269. The monoisotopic (exact) mass is 271 g/mol. The van der Waals surface area contributed by atoms with Crippen LogP contribution in [0.4, 0.5) is 5.82 Å². The molecule has 6 nitrogen and oxygen atoms in total. The molecule has 1 aromatic rings. The highest BCUT2D eigenvalue weighted by molar-refractivity contribution is 7.89. The molecule has 1 atom stereocenters. The van der Waals surface area contributed by atoms with Crippen LogP contribution in [-0.4, -0.2) is 49.1 Å². The second-order valence-corrected chi connectivity index (χ2v) is 6.23. The maximum atomic E-state index is 12.3. The summed E-state index contributed by atoms with van der Waals surface area (Å²) in [4.78, 5) is 4.16. The van der Waals surface area contributed by atoms with Crippen molar-refractivity contribution < 1.29 is 13.5 Å². The van der Waals surface area contributed by atoms with E-state index in [1.165, 1.54) is 16.6 Å². The fraction of sp³-hybridized carbons (Fsp3) is 0.545. The number of aliphatic hydroxyl groups is 1. The van der Waals surface area contributed by atoms with Crippen LogP contribution in [0.5, 0.6) is 0 Å². The van der Waals surface area contributed by atoms with Gasteiger partial charge in [0.2, 0.25) is 10.0 Å². The zero-order valence-corrected chi connectivity index (χ0v) is 11.0. The molecule has 7 heteroatoms. The molecule has 2 N–H and O–H groups in total. The fourth-order valence-corrected chi connectivity index (χ4v) is 3.43. The van der Waals surface area contributed by atoms with E-state index in [-0.39, 0.29) is 11.4 Å². The summed E-state index contributed by atoms with van der Waals surface area (Å²) < 4.78 is 25.9. The molecular formula is C11H17N3O3S. The maximum absolute atomic E-state index is 12.3. The Bertz CT molecular complexity index is 501. The number of nitrogens with one attached hydrogen (secondary N) is 1. The quantitative estimate of drug-likeness (QED) is 0.824. The number of hydrogen-bond acceptors (Lipinski definition) is 5. The Morgan fingerprint density at radius 1 is 1.50 bits per heavy atom. The zero-order chi connectivity index (χ0) is 13.2. The van der Waals surface area contributed by atoms with E-state index in [1.807, 2.05) is 0 Å². The Balaban J connectivity index is 2.23. The molecule has 1 aliphatic heterocycles. The molecular weight excluding hydrogens is 254 g/mol. The first-order valence-electron chi connectivity index (χ1n) is 5.86. The van der Waals surface area contributed by atoms with Crippen LogP contribution in [0.1, 0.15) is 12.8 Å². The lowest BCUT2D eigenvalue weighted by atomic mass is 10.1. The zero-order valence-electron chi connectivity index (χ0n) is 10.2. The minimum atomic E-state index is -3.54. The van der Waals surface area contributed by atoms with Gasteiger partial charge in [0.25, 0.3) is 0 Å². The second kappa shape index (κ2) is 5.21. The van der Waals surface area contributed by atoms with Crippen LogP contribution in [0.25, 0.3) is 0 Å². The van der Waals surface area contributed by atoms with Crippen LogP contribution >= 0.6 is 0 Å². The number of nitrogens with zero attached hydrogens (tertiary/aromatic N) is 2. The summed E-state index contributed by atoms with van der Waals surface area (Å²) in [5.41, 5.74) is 0. The van der Waals surface area contributed by atoms with E-state index in [4.69, 9.17) is 0 Å². The van der Waals surface area contributed by atoms with E-state index >= 15 is 0 Å². The number of β-amino-alcohol motifs (C(OH)–C–C–N with tert-alkyl or cyclic N) is 1. The minimum Gasteiger partial charge on any atom is -0.392 e. The van der Waals surface area contributed by atoms with Crippen LogP contribution in [0.3, 0.4) is 0 Å². The summed E-state index contributed by atoms with van der Waals surface area (Å²) in [6, 6.07) is 3.14. The van der Waals surface area contributed by atoms with E-state index in [0.29, 0.717) is 25.2 Å². The lowest BCUT2D eigenvalue weighted by Gasteiger charge is -2.29. The van der Waals surface area contributed by atoms with Crippen molar-refractivity contribution in [3.63, 3.8) is 0 Å². The van der Waals surface area contributed by atoms with Crippen molar-refractivity contribution in [2.75, 3.05) is 25.5 Å². The summed E-state index contributed by atoms with van der Waals surface area (Å²) >= 11 is 0. The molecule has 18 heavy (non-hydrogen) atoms. The minimum absolute atomic E-state index is 0.163. The Morgan fingerprint density at radius 2 is 2.28 bits per heavy atom. The number of hydrogen-bond donors (Lipinski definition) is 2. The highest BCUT2D eigenvalue weighted by Gasteiger charge is 2.29. The summed E-state index contributed by atoms with van der Waals surface area (Å²) in [6.45, 7) is 0.614. The highest BCUT2D eigenvalue weighted by atomic mass is 32.2. The van der Waals surface area contributed by atoms with Gasteiger partial charge in [0, 0.05) is 26.3 Å². The van der Waals surface area contributed by atoms with E-state index in [2.05, 4.69) is 10.3 Å². The van der Waals surface area contributed by atoms with Crippen LogP contribution in [0, 0.1) is 0 Å². The fourth-order valence-electron chi connectivity index (χ4n) is 1.97. The summed E-state index contributed by atoms with van der Waals surface area (Å²) in [5.74, 6) is 0.618. The number of pyridine rings is 1. The predicted molar refractivity (Wildman–Crippen MR) is 67.8 cm³/mol. The van der Waals surface area contributed by atoms with Crippen molar-refractivity contribution >= 4 is 15.8 Å². The number of aliphatic hydroxyl groups excluding tert-OH is 1. The Kier molecular flexibility index (Phi) is 3.84. The average molecular weight is 271 g/mol. The number of rotatable bonds is 3. The summed E-state index contributed by atoms with van der Waals surface area (Å²) in [5, 5.41) is 12.4. The van der Waals surface area contributed by atoms with Crippen molar-refractivity contribution in [1.29, 1.82) is 0 Å². The normalized spacial score (nSPS) is 21.8. The molecule has 0 bridgehead atoms. The SMILES string of the molecule is CNc1ccc(S(=O)(=O)N2CCCC(O)C2)cn1. The molecule has 2 rings (SSSR count). The largest absolute Gasteiger partial charge is 0.392 e. The van der Waals surface area contributed by atoms with Gasteiger partial charge in [-0.2, -0.15) is 4.31 Å². The Morgan fingerprint density at radius 3 is 2.83 bits per heavy atom. The molecule has 0 aliphatic carbocycles. The van der Waals surface area contributed by atoms with Crippen LogP contribution in [0.15, 0.2) is 23.2 Å². The Labute approximate surface area is 107 Å². The second-order valence-electron chi connectivity index (χ2n) is 4.29. The molecule has 100 valence electrons. The maximum Gasteiger partial charge on any atom is 0.244 e. The number of aromatic nitrogens is 1. The van der Waals surface area contributed by atoms with Gasteiger partial charge < -0.3 is 10.4 Å². The van der Waals surface area contributed by atoms with Crippen LogP contribution < -0.4 is 5.32 Å². The summed E-state index contributed by atoms with van der Waals surface area (Å²) in [6.07, 6.45) is 2.10. The topological polar surface area (TPSA) is 82.5 Å². The van der Waals surface area contributed by atoms with Gasteiger partial charge in [-0.05, 0) is 25.0 Å². The molecule has 0 aromatic carbocycles. The first kappa shape index (κ1) is 13.3. The van der Waals surface area contributed by atoms with Crippen molar-refractivity contribution in [3.8, 4) is 0 Å². The number of anilines is 1. The van der Waals surface area contributed by atoms with E-state index in [9.17, 15) is 13.5 Å². The third kappa shape index (κ3) is 2.63. The molecule has 1 fully saturated rings. The van der Waals surface area contributed by atoms with E-state index in [1.54, 1.807) is 13.1 Å². The molecule has 0 saturated carbocycles. The molecule has 1 saturated heterocycles. The first-order valence-corrected chi connectivity index (χ1v) is 7.30. The molecule has 0 radical (unpaired) electrons. The summed E-state index contributed by atoms with van der Waals surface area (Å²) in [7, 11) is -1.82. The molecule has 2 heterocycles. The standard InChI is InChI=1S/C11H17N3O3S/c1-12-11-5-4-10(7-13-11)18(16,17)14-6-2-3-9(15)8-14/h4-5,7,9,15H,2-3,6,8H2,1H3,(H,12,13). The Hall–Kier alpha value is -1.18. The van der Waals surface area contributed by atoms with E-state index < -0.39 is 16.1 Å². The molecule has 0 spiro atoms.